The summed E-state index contributed by atoms with van der Waals surface area (Å²) in [5.41, 5.74) is 0.563. The Hall–Kier alpha value is -3.23. The first-order chi connectivity index (χ1) is 16.7. The number of nitrogens with zero attached hydrogens (tertiary/aromatic N) is 1. The van der Waals surface area contributed by atoms with Crippen LogP contribution in [0.25, 0.3) is 0 Å². The maximum atomic E-state index is 13.9. The molecule has 1 aliphatic carbocycles. The summed E-state index contributed by atoms with van der Waals surface area (Å²) in [5, 5.41) is 0. The maximum Gasteiger partial charge on any atom is 0.318 e. The number of amides is 1. The van der Waals surface area contributed by atoms with Gasteiger partial charge in [-0.3, -0.25) is 14.4 Å². The second-order valence-electron chi connectivity index (χ2n) is 9.79. The summed E-state index contributed by atoms with van der Waals surface area (Å²) in [6, 6.07) is 15.9. The van der Waals surface area contributed by atoms with Crippen LogP contribution < -0.4 is 0 Å². The molecule has 8 nitrogen and oxygen atoms in total. The fraction of sp³-hybridized carbons (Fsp3) is 0.444. The predicted octanol–water partition coefficient (Wildman–Crippen LogP) is 2.98. The monoisotopic (exact) mass is 479 g/mol. The maximum absolute atomic E-state index is 13.9. The van der Waals surface area contributed by atoms with E-state index in [1.54, 1.807) is 43.0 Å². The van der Waals surface area contributed by atoms with Gasteiger partial charge in [0.1, 0.15) is 23.7 Å². The molecule has 5 rings (SSSR count). The standard InChI is InChI=1S/C27H29NO7/c1-16(29)33-20-14-27(25(31)32-4)19-13-9-8-12-18(19)24(30)28(15-17-10-6-5-7-11-17)23(27)22-21(20)34-26(2,3)35-22/h5-13,20-23H,14-15H2,1-4H3/t20-,21-,22-,23+,27+/m1/s1. The van der Waals surface area contributed by atoms with E-state index in [1.807, 2.05) is 30.3 Å². The number of benzene rings is 2. The Morgan fingerprint density at radius 1 is 1.03 bits per heavy atom. The van der Waals surface area contributed by atoms with E-state index in [0.29, 0.717) is 11.1 Å². The first kappa shape index (κ1) is 23.5. The lowest BCUT2D eigenvalue weighted by Crippen LogP contribution is -2.72. The molecular formula is C27H29NO7. The van der Waals surface area contributed by atoms with Gasteiger partial charge in [-0.2, -0.15) is 0 Å². The Labute approximate surface area is 204 Å². The van der Waals surface area contributed by atoms with E-state index in [2.05, 4.69) is 0 Å². The zero-order valence-electron chi connectivity index (χ0n) is 20.2. The molecule has 0 N–H and O–H groups in total. The number of methoxy groups -OCH3 is 1. The summed E-state index contributed by atoms with van der Waals surface area (Å²) in [4.78, 5) is 41.5. The molecule has 0 bridgehead atoms. The van der Waals surface area contributed by atoms with Gasteiger partial charge in [0.2, 0.25) is 0 Å². The van der Waals surface area contributed by atoms with Crippen LogP contribution in [0, 0.1) is 0 Å². The summed E-state index contributed by atoms with van der Waals surface area (Å²) in [6.45, 7) is 5.14. The van der Waals surface area contributed by atoms with Crippen molar-refractivity contribution in [1.82, 2.24) is 4.90 Å². The molecule has 184 valence electrons. The van der Waals surface area contributed by atoms with Crippen molar-refractivity contribution in [3.8, 4) is 0 Å². The van der Waals surface area contributed by atoms with Gasteiger partial charge in [0, 0.05) is 25.5 Å². The zero-order valence-corrected chi connectivity index (χ0v) is 20.2. The van der Waals surface area contributed by atoms with E-state index in [4.69, 9.17) is 18.9 Å². The third-order valence-electron chi connectivity index (χ3n) is 7.17. The number of carbonyl (C=O) groups is 3. The number of rotatable bonds is 4. The molecule has 3 aliphatic rings. The van der Waals surface area contributed by atoms with Gasteiger partial charge in [-0.15, -0.1) is 0 Å². The summed E-state index contributed by atoms with van der Waals surface area (Å²) in [7, 11) is 1.33. The Morgan fingerprint density at radius 3 is 2.37 bits per heavy atom. The van der Waals surface area contributed by atoms with E-state index in [9.17, 15) is 14.4 Å². The molecule has 1 saturated heterocycles. The lowest BCUT2D eigenvalue weighted by atomic mass is 9.59. The molecule has 0 unspecified atom stereocenters. The molecule has 1 saturated carbocycles. The number of fused-ring (bicyclic) bond motifs is 5. The highest BCUT2D eigenvalue weighted by atomic mass is 16.8. The second kappa shape index (κ2) is 8.46. The smallest absolute Gasteiger partial charge is 0.318 e. The van der Waals surface area contributed by atoms with E-state index in [-0.39, 0.29) is 18.9 Å². The van der Waals surface area contributed by atoms with Gasteiger partial charge in [-0.1, -0.05) is 48.5 Å². The van der Waals surface area contributed by atoms with E-state index < -0.39 is 47.5 Å². The minimum atomic E-state index is -1.32. The normalized spacial score (nSPS) is 30.6. The highest BCUT2D eigenvalue weighted by Gasteiger charge is 2.69. The van der Waals surface area contributed by atoms with Crippen LogP contribution in [0.3, 0.4) is 0 Å². The van der Waals surface area contributed by atoms with Crippen LogP contribution in [-0.2, 0) is 40.5 Å². The van der Waals surface area contributed by atoms with Gasteiger partial charge in [0.15, 0.2) is 5.79 Å². The largest absolute Gasteiger partial charge is 0.468 e. The molecule has 2 aliphatic heterocycles. The van der Waals surface area contributed by atoms with E-state index in [0.717, 1.165) is 5.56 Å². The summed E-state index contributed by atoms with van der Waals surface area (Å²) in [5.74, 6) is -2.20. The third-order valence-corrected chi connectivity index (χ3v) is 7.17. The van der Waals surface area contributed by atoms with Crippen molar-refractivity contribution in [1.29, 1.82) is 0 Å². The van der Waals surface area contributed by atoms with Crippen molar-refractivity contribution >= 4 is 17.8 Å². The van der Waals surface area contributed by atoms with Crippen LogP contribution in [0.1, 0.15) is 48.7 Å². The quantitative estimate of drug-likeness (QED) is 0.623. The van der Waals surface area contributed by atoms with E-state index in [1.165, 1.54) is 14.0 Å². The molecular weight excluding hydrogens is 450 g/mol. The molecule has 0 aromatic heterocycles. The molecule has 8 heteroatoms. The first-order valence-electron chi connectivity index (χ1n) is 11.7. The van der Waals surface area contributed by atoms with Gasteiger partial charge in [-0.05, 0) is 31.0 Å². The molecule has 0 spiro atoms. The lowest BCUT2D eigenvalue weighted by Gasteiger charge is -2.55. The topological polar surface area (TPSA) is 91.4 Å². The van der Waals surface area contributed by atoms with Crippen molar-refractivity contribution in [2.75, 3.05) is 7.11 Å². The minimum absolute atomic E-state index is 0.0973. The van der Waals surface area contributed by atoms with Gasteiger partial charge in [0.05, 0.1) is 13.2 Å². The van der Waals surface area contributed by atoms with Crippen LogP contribution >= 0.6 is 0 Å². The van der Waals surface area contributed by atoms with Gasteiger partial charge >= 0.3 is 11.9 Å². The fourth-order valence-corrected chi connectivity index (χ4v) is 6.00. The number of hydrogen-bond acceptors (Lipinski definition) is 7. The Kier molecular flexibility index (Phi) is 5.68. The molecule has 2 heterocycles. The Bertz CT molecular complexity index is 1160. The van der Waals surface area contributed by atoms with Crippen molar-refractivity contribution in [2.45, 2.75) is 69.3 Å². The molecule has 2 aromatic carbocycles. The molecule has 2 aromatic rings. The molecule has 1 amide bonds. The van der Waals surface area contributed by atoms with Crippen molar-refractivity contribution in [3.05, 3.63) is 71.3 Å². The first-order valence-corrected chi connectivity index (χ1v) is 11.7. The highest BCUT2D eigenvalue weighted by Crippen LogP contribution is 2.53. The van der Waals surface area contributed by atoms with Crippen molar-refractivity contribution in [2.24, 2.45) is 0 Å². The average Bonchev–Trinajstić information content (AvgIpc) is 3.16. The molecule has 2 fully saturated rings. The fourth-order valence-electron chi connectivity index (χ4n) is 6.00. The van der Waals surface area contributed by atoms with Crippen LogP contribution in [0.5, 0.6) is 0 Å². The minimum Gasteiger partial charge on any atom is -0.468 e. The van der Waals surface area contributed by atoms with Crippen LogP contribution in [0.4, 0.5) is 0 Å². The summed E-state index contributed by atoms with van der Waals surface area (Å²) in [6.07, 6.45) is -2.06. The Balaban J connectivity index is 1.74. The van der Waals surface area contributed by atoms with Gasteiger partial charge < -0.3 is 23.8 Å². The Morgan fingerprint density at radius 2 is 1.69 bits per heavy atom. The van der Waals surface area contributed by atoms with Crippen LogP contribution in [-0.4, -0.2) is 60.0 Å². The number of hydrogen-bond donors (Lipinski definition) is 0. The average molecular weight is 480 g/mol. The lowest BCUT2D eigenvalue weighted by molar-refractivity contribution is -0.176. The summed E-state index contributed by atoms with van der Waals surface area (Å²) >= 11 is 0. The number of ether oxygens (including phenoxy) is 4. The highest BCUT2D eigenvalue weighted by molar-refractivity contribution is 6.02. The van der Waals surface area contributed by atoms with Crippen molar-refractivity contribution < 1.29 is 33.3 Å². The van der Waals surface area contributed by atoms with Crippen LogP contribution in [0.2, 0.25) is 0 Å². The SMILES string of the molecule is COC(=O)[C@]12C[C@@H](OC(C)=O)[C@H]3OC(C)(C)O[C@H]3[C@@H]1N(Cc1ccccc1)C(=O)c1ccccc12. The van der Waals surface area contributed by atoms with E-state index >= 15 is 0 Å². The molecule has 35 heavy (non-hydrogen) atoms. The van der Waals surface area contributed by atoms with Crippen LogP contribution in [0.15, 0.2) is 54.6 Å². The zero-order chi connectivity index (χ0) is 25.0. The molecule has 0 radical (unpaired) electrons. The van der Waals surface area contributed by atoms with Crippen molar-refractivity contribution in [3.63, 3.8) is 0 Å². The number of esters is 2. The second-order valence-corrected chi connectivity index (χ2v) is 9.79. The predicted molar refractivity (Wildman–Crippen MR) is 124 cm³/mol. The molecule has 5 atom stereocenters. The third kappa shape index (κ3) is 3.72. The van der Waals surface area contributed by atoms with Gasteiger partial charge in [-0.25, -0.2) is 0 Å². The number of carbonyl (C=O) groups excluding carboxylic acids is 3. The van der Waals surface area contributed by atoms with Gasteiger partial charge in [0.25, 0.3) is 5.91 Å². The summed E-state index contributed by atoms with van der Waals surface area (Å²) < 4.78 is 23.7.